The van der Waals surface area contributed by atoms with Crippen molar-refractivity contribution in [3.05, 3.63) is 59.9 Å². The van der Waals surface area contributed by atoms with E-state index in [9.17, 15) is 43.8 Å². The third-order valence-electron chi connectivity index (χ3n) is 10.4. The lowest BCUT2D eigenvalue weighted by atomic mass is 9.95. The van der Waals surface area contributed by atoms with E-state index in [0.717, 1.165) is 5.56 Å². The van der Waals surface area contributed by atoms with Crippen LogP contribution in [0.2, 0.25) is 0 Å². The molecule has 17 heteroatoms. The van der Waals surface area contributed by atoms with E-state index in [4.69, 9.17) is 4.74 Å². The summed E-state index contributed by atoms with van der Waals surface area (Å²) >= 11 is 0. The van der Waals surface area contributed by atoms with E-state index in [2.05, 4.69) is 20.9 Å². The molecule has 55 heavy (non-hydrogen) atoms. The van der Waals surface area contributed by atoms with Crippen LogP contribution in [0.3, 0.4) is 0 Å². The molecular weight excluding hydrogens is 714 g/mol. The monoisotopic (exact) mass is 763 g/mol. The number of nitrogens with zero attached hydrogens (tertiary/aromatic N) is 4. The van der Waals surface area contributed by atoms with Gasteiger partial charge in [0.25, 0.3) is 5.91 Å². The fourth-order valence-corrected chi connectivity index (χ4v) is 7.25. The largest absolute Gasteiger partial charge is 0.505 e. The predicted octanol–water partition coefficient (Wildman–Crippen LogP) is -0.357. The summed E-state index contributed by atoms with van der Waals surface area (Å²) in [6.45, 7) is 4.52. The number of carbonyl (C=O) groups is 7. The zero-order chi connectivity index (χ0) is 40.0. The maximum atomic E-state index is 14.6. The van der Waals surface area contributed by atoms with E-state index in [1.165, 1.54) is 53.9 Å². The highest BCUT2D eigenvalue weighted by Gasteiger charge is 2.45. The number of carbonyl (C=O) groups excluding carboxylic acids is 7. The third-order valence-corrected chi connectivity index (χ3v) is 10.4. The van der Waals surface area contributed by atoms with Gasteiger partial charge in [-0.3, -0.25) is 28.8 Å². The Labute approximate surface area is 318 Å². The first-order valence-corrected chi connectivity index (χ1v) is 18.6. The van der Waals surface area contributed by atoms with Crippen molar-refractivity contribution >= 4 is 41.4 Å². The Morgan fingerprint density at radius 3 is 2.31 bits per heavy atom. The molecule has 3 aliphatic heterocycles. The smallest absolute Gasteiger partial charge is 0.328 e. The zero-order valence-electron chi connectivity index (χ0n) is 31.3. The number of esters is 1. The second-order valence-corrected chi connectivity index (χ2v) is 14.2. The number of amides is 6. The molecule has 3 aliphatic rings. The van der Waals surface area contributed by atoms with Crippen molar-refractivity contribution in [2.24, 2.45) is 0 Å². The van der Waals surface area contributed by atoms with E-state index >= 15 is 0 Å². The molecule has 0 bridgehead atoms. The number of likely N-dealkylation sites (N-methyl/N-ethyl adjacent to an activating group) is 1. The predicted molar refractivity (Wildman–Crippen MR) is 195 cm³/mol. The lowest BCUT2D eigenvalue weighted by Gasteiger charge is -2.41. The number of rotatable bonds is 5. The van der Waals surface area contributed by atoms with Gasteiger partial charge in [-0.2, -0.15) is 0 Å². The SMILES string of the molecule is CC[C@@H]1NC(=O)[C@@H](NC(=O)c2ncccc2O)[C@@H](C)OC(=O)[C@@H](C)NC(=O)[C@H]2C[C@@H](O)CCN2C(=O)[C@@H](Cc2ccccc2)N(C)C(=O)[C@H]2CCCN2C1=O. The number of aromatic hydroxyl groups is 1. The van der Waals surface area contributed by atoms with Crippen LogP contribution in [-0.2, 0) is 39.9 Å². The van der Waals surface area contributed by atoms with Crippen LogP contribution in [0, 0.1) is 0 Å². The molecule has 5 rings (SSSR count). The van der Waals surface area contributed by atoms with Crippen molar-refractivity contribution in [3.8, 4) is 5.75 Å². The average molecular weight is 764 g/mol. The van der Waals surface area contributed by atoms with Crippen molar-refractivity contribution in [2.45, 2.75) is 108 Å². The number of fused-ring (bicyclic) bond motifs is 2. The van der Waals surface area contributed by atoms with Crippen LogP contribution in [0.5, 0.6) is 5.75 Å². The lowest BCUT2D eigenvalue weighted by molar-refractivity contribution is -0.156. The lowest BCUT2D eigenvalue weighted by Crippen LogP contribution is -2.62. The molecule has 8 atom stereocenters. The third kappa shape index (κ3) is 9.21. The molecular formula is C38H49N7O10. The van der Waals surface area contributed by atoms with Gasteiger partial charge in [-0.25, -0.2) is 9.78 Å². The van der Waals surface area contributed by atoms with Crippen molar-refractivity contribution in [3.63, 3.8) is 0 Å². The number of aliphatic hydroxyl groups is 1. The van der Waals surface area contributed by atoms with Crippen molar-refractivity contribution < 1.29 is 48.5 Å². The molecule has 1 aromatic heterocycles. The number of hydrogen-bond acceptors (Lipinski definition) is 11. The van der Waals surface area contributed by atoms with E-state index in [1.54, 1.807) is 19.1 Å². The van der Waals surface area contributed by atoms with Crippen LogP contribution >= 0.6 is 0 Å². The highest BCUT2D eigenvalue weighted by molar-refractivity contribution is 6.00. The number of benzene rings is 1. The molecule has 0 saturated carbocycles. The molecule has 17 nitrogen and oxygen atoms in total. The Hall–Kier alpha value is -5.58. The van der Waals surface area contributed by atoms with Crippen LogP contribution in [0.25, 0.3) is 0 Å². The maximum absolute atomic E-state index is 14.6. The zero-order valence-corrected chi connectivity index (χ0v) is 31.3. The number of hydrogen-bond donors (Lipinski definition) is 5. The summed E-state index contributed by atoms with van der Waals surface area (Å²) in [5, 5.41) is 28.5. The summed E-state index contributed by atoms with van der Waals surface area (Å²) in [6, 6.07) is 4.27. The fraction of sp³-hybridized carbons (Fsp3) is 0.526. The number of aliphatic hydroxyl groups excluding tert-OH is 1. The average Bonchev–Trinajstić information content (AvgIpc) is 3.67. The van der Waals surface area contributed by atoms with E-state index in [1.807, 2.05) is 18.2 Å². The molecule has 4 heterocycles. The Morgan fingerprint density at radius 1 is 0.909 bits per heavy atom. The van der Waals surface area contributed by atoms with Gasteiger partial charge < -0.3 is 45.6 Å². The molecule has 6 amide bonds. The van der Waals surface area contributed by atoms with E-state index in [0.29, 0.717) is 12.8 Å². The van der Waals surface area contributed by atoms with Gasteiger partial charge in [0.1, 0.15) is 48.1 Å². The minimum absolute atomic E-state index is 0.00548. The quantitative estimate of drug-likeness (QED) is 0.247. The second kappa shape index (κ2) is 17.7. The first-order chi connectivity index (χ1) is 26.2. The normalized spacial score (nSPS) is 28.9. The van der Waals surface area contributed by atoms with Crippen molar-refractivity contribution in [1.82, 2.24) is 35.6 Å². The van der Waals surface area contributed by atoms with Crippen LogP contribution in [-0.4, -0.2) is 140 Å². The van der Waals surface area contributed by atoms with Crippen LogP contribution in [0.4, 0.5) is 0 Å². The first kappa shape index (κ1) is 40.6. The van der Waals surface area contributed by atoms with Gasteiger partial charge in [0.2, 0.25) is 29.5 Å². The summed E-state index contributed by atoms with van der Waals surface area (Å²) in [5.74, 6) is -5.69. The van der Waals surface area contributed by atoms with Gasteiger partial charge in [0, 0.05) is 39.2 Å². The summed E-state index contributed by atoms with van der Waals surface area (Å²) in [5.41, 5.74) is 0.338. The Bertz CT molecular complexity index is 1780. The molecule has 0 radical (unpaired) electrons. The number of pyridine rings is 1. The van der Waals surface area contributed by atoms with E-state index in [-0.39, 0.29) is 38.8 Å². The van der Waals surface area contributed by atoms with Gasteiger partial charge in [0.05, 0.1) is 6.10 Å². The summed E-state index contributed by atoms with van der Waals surface area (Å²) in [7, 11) is 1.48. The molecule has 296 valence electrons. The standard InChI is InChI=1S/C38H49N7O10/c1-5-25-35(51)44-17-10-13-26(44)36(52)43(4)28(19-23-11-7-6-8-12-23)37(53)45-18-15-24(46)20-27(45)32(48)40-21(2)38(54)55-22(3)30(33(49)41-25)42-34(50)31-29(47)14-9-16-39-31/h6-9,11-12,14,16,21-22,24-28,30,46-47H,5,10,13,15,17-20H2,1-4H3,(H,40,48)(H,41,49)(H,42,50)/t21-,22-,24+,25+,26-,27-,28-,30+/m1/s1. The molecule has 0 spiro atoms. The summed E-state index contributed by atoms with van der Waals surface area (Å²) in [6.07, 6.45) is -0.0689. The molecule has 5 N–H and O–H groups in total. The van der Waals surface area contributed by atoms with Gasteiger partial charge in [-0.1, -0.05) is 37.3 Å². The number of nitrogens with one attached hydrogen (secondary N) is 3. The van der Waals surface area contributed by atoms with Crippen LogP contribution < -0.4 is 16.0 Å². The topological polar surface area (TPSA) is 228 Å². The van der Waals surface area contributed by atoms with Gasteiger partial charge in [-0.05, 0) is 57.2 Å². The summed E-state index contributed by atoms with van der Waals surface area (Å²) in [4.78, 5) is 105. The maximum Gasteiger partial charge on any atom is 0.328 e. The fourth-order valence-electron chi connectivity index (χ4n) is 7.25. The highest BCUT2D eigenvalue weighted by atomic mass is 16.5. The minimum Gasteiger partial charge on any atom is -0.505 e. The van der Waals surface area contributed by atoms with Gasteiger partial charge in [0.15, 0.2) is 5.69 Å². The molecule has 2 aromatic rings. The van der Waals surface area contributed by atoms with Crippen molar-refractivity contribution in [1.29, 1.82) is 0 Å². The Balaban J connectivity index is 1.53. The summed E-state index contributed by atoms with van der Waals surface area (Å²) < 4.78 is 5.59. The molecule has 3 saturated heterocycles. The molecule has 3 fully saturated rings. The number of ether oxygens (including phenoxy) is 1. The number of cyclic esters (lactones) is 1. The minimum atomic E-state index is -1.62. The van der Waals surface area contributed by atoms with E-state index < -0.39 is 101 Å². The molecule has 1 aromatic carbocycles. The Morgan fingerprint density at radius 2 is 1.62 bits per heavy atom. The van der Waals surface area contributed by atoms with Crippen LogP contribution in [0.15, 0.2) is 48.7 Å². The number of piperidine rings is 1. The van der Waals surface area contributed by atoms with Crippen LogP contribution in [0.1, 0.15) is 68.9 Å². The van der Waals surface area contributed by atoms with Gasteiger partial charge in [-0.15, -0.1) is 0 Å². The van der Waals surface area contributed by atoms with Gasteiger partial charge >= 0.3 is 5.97 Å². The van der Waals surface area contributed by atoms with Crippen molar-refractivity contribution in [2.75, 3.05) is 20.1 Å². The molecule has 0 unspecified atom stereocenters. The first-order valence-electron chi connectivity index (χ1n) is 18.6. The molecule has 0 aliphatic carbocycles. The highest BCUT2D eigenvalue weighted by Crippen LogP contribution is 2.26. The number of aromatic nitrogens is 1. The second-order valence-electron chi connectivity index (χ2n) is 14.2. The Kier molecular flexibility index (Phi) is 13.1.